The minimum atomic E-state index is -3.51. The average Bonchev–Trinajstić information content (AvgIpc) is 2.78. The molecular formula is C21H24N4O3S. The predicted molar refractivity (Wildman–Crippen MR) is 115 cm³/mol. The van der Waals surface area contributed by atoms with Crippen LogP contribution in [0.15, 0.2) is 65.7 Å². The number of pyridine rings is 1. The van der Waals surface area contributed by atoms with Crippen LogP contribution in [0, 0.1) is 0 Å². The van der Waals surface area contributed by atoms with E-state index in [1.54, 1.807) is 12.1 Å². The fourth-order valence-corrected chi connectivity index (χ4v) is 4.69. The zero-order valence-electron chi connectivity index (χ0n) is 16.0. The van der Waals surface area contributed by atoms with Crippen molar-refractivity contribution in [1.29, 1.82) is 0 Å². The SMILES string of the molecule is O=S(=O)(c1ccc(NCCNc2cccc3ccccc23)nc1)N1CCOCC1. The quantitative estimate of drug-likeness (QED) is 0.581. The summed E-state index contributed by atoms with van der Waals surface area (Å²) in [5.74, 6) is 0.644. The maximum absolute atomic E-state index is 12.6. The van der Waals surface area contributed by atoms with Gasteiger partial charge in [0.15, 0.2) is 0 Å². The number of aromatic nitrogens is 1. The van der Waals surface area contributed by atoms with Crippen LogP contribution < -0.4 is 10.6 Å². The maximum Gasteiger partial charge on any atom is 0.244 e. The van der Waals surface area contributed by atoms with E-state index < -0.39 is 10.0 Å². The molecule has 1 aliphatic rings. The molecule has 0 amide bonds. The third kappa shape index (κ3) is 4.50. The van der Waals surface area contributed by atoms with E-state index in [-0.39, 0.29) is 4.90 Å². The van der Waals surface area contributed by atoms with Crippen molar-refractivity contribution in [3.63, 3.8) is 0 Å². The minimum absolute atomic E-state index is 0.207. The topological polar surface area (TPSA) is 83.6 Å². The van der Waals surface area contributed by atoms with E-state index in [9.17, 15) is 8.42 Å². The lowest BCUT2D eigenvalue weighted by molar-refractivity contribution is 0.0730. The van der Waals surface area contributed by atoms with Gasteiger partial charge < -0.3 is 15.4 Å². The van der Waals surface area contributed by atoms with Gasteiger partial charge in [-0.15, -0.1) is 0 Å². The second-order valence-corrected chi connectivity index (χ2v) is 8.71. The van der Waals surface area contributed by atoms with E-state index in [4.69, 9.17) is 4.74 Å². The van der Waals surface area contributed by atoms with E-state index >= 15 is 0 Å². The highest BCUT2D eigenvalue weighted by Gasteiger charge is 2.26. The molecule has 4 rings (SSSR count). The minimum Gasteiger partial charge on any atom is -0.383 e. The van der Waals surface area contributed by atoms with Gasteiger partial charge in [0, 0.05) is 43.4 Å². The van der Waals surface area contributed by atoms with Crippen LogP contribution in [0.4, 0.5) is 11.5 Å². The van der Waals surface area contributed by atoms with Crippen molar-refractivity contribution in [3.05, 3.63) is 60.8 Å². The Morgan fingerprint density at radius 1 is 0.931 bits per heavy atom. The summed E-state index contributed by atoms with van der Waals surface area (Å²) in [6, 6.07) is 17.7. The number of ether oxygens (including phenoxy) is 1. The number of benzene rings is 2. The first kappa shape index (κ1) is 19.6. The van der Waals surface area contributed by atoms with Gasteiger partial charge in [0.25, 0.3) is 0 Å². The smallest absolute Gasteiger partial charge is 0.244 e. The van der Waals surface area contributed by atoms with Gasteiger partial charge in [0.1, 0.15) is 10.7 Å². The zero-order chi connectivity index (χ0) is 20.1. The molecule has 1 fully saturated rings. The standard InChI is InChI=1S/C21H24N4O3S/c26-29(27,25-12-14-28-15-13-25)18-8-9-21(24-16-18)23-11-10-22-20-7-3-5-17-4-1-2-6-19(17)20/h1-9,16,22H,10-15H2,(H,23,24). The number of sulfonamides is 1. The molecule has 1 saturated heterocycles. The van der Waals surface area contributed by atoms with Gasteiger partial charge >= 0.3 is 0 Å². The maximum atomic E-state index is 12.6. The third-order valence-electron chi connectivity index (χ3n) is 4.88. The lowest BCUT2D eigenvalue weighted by Gasteiger charge is -2.25. The number of morpholine rings is 1. The fraction of sp³-hybridized carbons (Fsp3) is 0.286. The molecular weight excluding hydrogens is 388 g/mol. The van der Waals surface area contributed by atoms with Gasteiger partial charge in [-0.2, -0.15) is 4.31 Å². The molecule has 2 aromatic carbocycles. The molecule has 152 valence electrons. The molecule has 0 atom stereocenters. The second-order valence-electron chi connectivity index (χ2n) is 6.78. The molecule has 3 aromatic rings. The van der Waals surface area contributed by atoms with Gasteiger partial charge in [-0.3, -0.25) is 0 Å². The number of rotatable bonds is 7. The summed E-state index contributed by atoms with van der Waals surface area (Å²) in [7, 11) is -3.51. The highest BCUT2D eigenvalue weighted by molar-refractivity contribution is 7.89. The molecule has 7 nitrogen and oxygen atoms in total. The Bertz CT molecular complexity index is 1060. The number of hydrogen-bond acceptors (Lipinski definition) is 6. The Morgan fingerprint density at radius 3 is 2.48 bits per heavy atom. The van der Waals surface area contributed by atoms with E-state index in [0.717, 1.165) is 5.69 Å². The number of fused-ring (bicyclic) bond motifs is 1. The van der Waals surface area contributed by atoms with Crippen LogP contribution in [0.2, 0.25) is 0 Å². The number of hydrogen-bond donors (Lipinski definition) is 2. The second kappa shape index (κ2) is 8.77. The van der Waals surface area contributed by atoms with Crippen LogP contribution in [-0.4, -0.2) is 57.1 Å². The third-order valence-corrected chi connectivity index (χ3v) is 6.76. The Morgan fingerprint density at radius 2 is 1.69 bits per heavy atom. The summed E-state index contributed by atoms with van der Waals surface area (Å²) in [5, 5.41) is 9.04. The lowest BCUT2D eigenvalue weighted by Crippen LogP contribution is -2.40. The Balaban J connectivity index is 1.32. The van der Waals surface area contributed by atoms with E-state index in [2.05, 4.69) is 39.9 Å². The molecule has 0 aliphatic carbocycles. The average molecular weight is 413 g/mol. The van der Waals surface area contributed by atoms with Crippen LogP contribution in [0.3, 0.4) is 0 Å². The molecule has 0 bridgehead atoms. The van der Waals surface area contributed by atoms with Crippen molar-refractivity contribution in [3.8, 4) is 0 Å². The van der Waals surface area contributed by atoms with E-state index in [1.165, 1.54) is 21.3 Å². The summed E-state index contributed by atoms with van der Waals surface area (Å²) in [5.41, 5.74) is 1.09. The van der Waals surface area contributed by atoms with Crippen molar-refractivity contribution in [1.82, 2.24) is 9.29 Å². The molecule has 1 aliphatic heterocycles. The summed E-state index contributed by atoms with van der Waals surface area (Å²) in [6.45, 7) is 2.98. The van der Waals surface area contributed by atoms with E-state index in [0.29, 0.717) is 45.2 Å². The van der Waals surface area contributed by atoms with Gasteiger partial charge in [-0.1, -0.05) is 36.4 Å². The molecule has 0 radical (unpaired) electrons. The zero-order valence-corrected chi connectivity index (χ0v) is 16.9. The summed E-state index contributed by atoms with van der Waals surface area (Å²) in [4.78, 5) is 4.47. The highest BCUT2D eigenvalue weighted by atomic mass is 32.2. The molecule has 8 heteroatoms. The first-order valence-electron chi connectivity index (χ1n) is 9.64. The van der Waals surface area contributed by atoms with Gasteiger partial charge in [-0.25, -0.2) is 13.4 Å². The van der Waals surface area contributed by atoms with Crippen molar-refractivity contribution < 1.29 is 13.2 Å². The molecule has 2 heterocycles. The summed E-state index contributed by atoms with van der Waals surface area (Å²) >= 11 is 0. The number of anilines is 2. The monoisotopic (exact) mass is 412 g/mol. The summed E-state index contributed by atoms with van der Waals surface area (Å²) in [6.07, 6.45) is 1.41. The Kier molecular flexibility index (Phi) is 5.94. The van der Waals surface area contributed by atoms with Gasteiger partial charge in [0.05, 0.1) is 13.2 Å². The Hall–Kier alpha value is -2.68. The van der Waals surface area contributed by atoms with Crippen molar-refractivity contribution in [2.24, 2.45) is 0 Å². The summed E-state index contributed by atoms with van der Waals surface area (Å²) < 4.78 is 31.9. The number of nitrogens with zero attached hydrogens (tertiary/aromatic N) is 2. The van der Waals surface area contributed by atoms with Crippen molar-refractivity contribution in [2.75, 3.05) is 50.0 Å². The molecule has 1 aromatic heterocycles. The fourth-order valence-electron chi connectivity index (χ4n) is 3.34. The lowest BCUT2D eigenvalue weighted by atomic mass is 10.1. The number of nitrogens with one attached hydrogen (secondary N) is 2. The molecule has 0 spiro atoms. The van der Waals surface area contributed by atoms with Crippen molar-refractivity contribution >= 4 is 32.3 Å². The first-order chi connectivity index (χ1) is 14.1. The van der Waals surface area contributed by atoms with Gasteiger partial charge in [0.2, 0.25) is 10.0 Å². The van der Waals surface area contributed by atoms with Gasteiger partial charge in [-0.05, 0) is 23.6 Å². The van der Waals surface area contributed by atoms with Crippen LogP contribution in [0.5, 0.6) is 0 Å². The van der Waals surface area contributed by atoms with Crippen LogP contribution in [-0.2, 0) is 14.8 Å². The molecule has 0 unspecified atom stereocenters. The largest absolute Gasteiger partial charge is 0.383 e. The molecule has 0 saturated carbocycles. The first-order valence-corrected chi connectivity index (χ1v) is 11.1. The molecule has 2 N–H and O–H groups in total. The van der Waals surface area contributed by atoms with Crippen molar-refractivity contribution in [2.45, 2.75) is 4.90 Å². The van der Waals surface area contributed by atoms with Crippen LogP contribution >= 0.6 is 0 Å². The Labute approximate surface area is 170 Å². The van der Waals surface area contributed by atoms with E-state index in [1.807, 2.05) is 18.2 Å². The predicted octanol–water partition coefficient (Wildman–Crippen LogP) is 2.78. The normalized spacial score (nSPS) is 15.3. The van der Waals surface area contributed by atoms with Crippen LogP contribution in [0.1, 0.15) is 0 Å². The van der Waals surface area contributed by atoms with Crippen LogP contribution in [0.25, 0.3) is 10.8 Å². The highest BCUT2D eigenvalue weighted by Crippen LogP contribution is 2.22. The molecule has 29 heavy (non-hydrogen) atoms.